The predicted octanol–water partition coefficient (Wildman–Crippen LogP) is 3.22. The van der Waals surface area contributed by atoms with Gasteiger partial charge < -0.3 is 5.73 Å². The van der Waals surface area contributed by atoms with Crippen LogP contribution in [0, 0.1) is 0 Å². The standard InChI is InChI=1S/C12H16Cl2N2/c1-7(2)16-6-8-9(13)3-4-10(14)12(8)11(16)5-15/h3-4,7,11H,5-6,15H2,1-2H3. The highest BCUT2D eigenvalue weighted by Crippen LogP contribution is 2.41. The van der Waals surface area contributed by atoms with Crippen LogP contribution in [-0.4, -0.2) is 17.5 Å². The molecule has 1 atom stereocenters. The molecular weight excluding hydrogens is 243 g/mol. The van der Waals surface area contributed by atoms with Crippen LogP contribution in [0.4, 0.5) is 0 Å². The molecule has 1 heterocycles. The van der Waals surface area contributed by atoms with Crippen molar-refractivity contribution in [3.8, 4) is 0 Å². The molecule has 1 aromatic rings. The van der Waals surface area contributed by atoms with Crippen molar-refractivity contribution in [1.29, 1.82) is 0 Å². The number of nitrogens with zero attached hydrogens (tertiary/aromatic N) is 1. The van der Waals surface area contributed by atoms with Gasteiger partial charge in [0.1, 0.15) is 0 Å². The summed E-state index contributed by atoms with van der Waals surface area (Å²) in [5.41, 5.74) is 8.11. The zero-order chi connectivity index (χ0) is 11.9. The molecule has 2 nitrogen and oxygen atoms in total. The number of benzene rings is 1. The van der Waals surface area contributed by atoms with E-state index in [9.17, 15) is 0 Å². The van der Waals surface area contributed by atoms with Crippen LogP contribution in [0.25, 0.3) is 0 Å². The second-order valence-electron chi connectivity index (χ2n) is 4.44. The Morgan fingerprint density at radius 2 is 2.00 bits per heavy atom. The maximum atomic E-state index is 6.24. The van der Waals surface area contributed by atoms with E-state index in [2.05, 4.69) is 18.7 Å². The summed E-state index contributed by atoms with van der Waals surface area (Å²) in [6.07, 6.45) is 0. The molecule has 2 rings (SSSR count). The van der Waals surface area contributed by atoms with E-state index in [1.807, 2.05) is 12.1 Å². The van der Waals surface area contributed by atoms with Crippen LogP contribution in [0.3, 0.4) is 0 Å². The van der Waals surface area contributed by atoms with Crippen LogP contribution in [0.1, 0.15) is 31.0 Å². The first-order chi connectivity index (χ1) is 7.56. The summed E-state index contributed by atoms with van der Waals surface area (Å²) in [5, 5.41) is 1.57. The summed E-state index contributed by atoms with van der Waals surface area (Å²) >= 11 is 12.5. The highest BCUT2D eigenvalue weighted by molar-refractivity contribution is 6.34. The van der Waals surface area contributed by atoms with E-state index in [-0.39, 0.29) is 6.04 Å². The predicted molar refractivity (Wildman–Crippen MR) is 68.9 cm³/mol. The van der Waals surface area contributed by atoms with Crippen molar-refractivity contribution in [3.63, 3.8) is 0 Å². The smallest absolute Gasteiger partial charge is 0.0495 e. The zero-order valence-electron chi connectivity index (χ0n) is 9.50. The van der Waals surface area contributed by atoms with E-state index in [1.165, 1.54) is 0 Å². The highest BCUT2D eigenvalue weighted by atomic mass is 35.5. The van der Waals surface area contributed by atoms with Gasteiger partial charge in [-0.05, 0) is 37.1 Å². The molecule has 1 unspecified atom stereocenters. The molecule has 4 heteroatoms. The Bertz CT molecular complexity index is 404. The third kappa shape index (κ3) is 1.84. The molecule has 0 fully saturated rings. The van der Waals surface area contributed by atoms with Gasteiger partial charge >= 0.3 is 0 Å². The van der Waals surface area contributed by atoms with E-state index in [0.717, 1.165) is 27.7 Å². The Labute approximate surface area is 106 Å². The first-order valence-corrected chi connectivity index (χ1v) is 6.24. The number of hydrogen-bond donors (Lipinski definition) is 1. The monoisotopic (exact) mass is 258 g/mol. The van der Waals surface area contributed by atoms with Crippen molar-refractivity contribution in [2.24, 2.45) is 5.73 Å². The summed E-state index contributed by atoms with van der Waals surface area (Å²) in [4.78, 5) is 2.34. The molecule has 0 amide bonds. The molecule has 0 bridgehead atoms. The Hall–Kier alpha value is -0.280. The second kappa shape index (κ2) is 4.53. The van der Waals surface area contributed by atoms with Crippen LogP contribution in [0.15, 0.2) is 12.1 Å². The van der Waals surface area contributed by atoms with E-state index in [0.29, 0.717) is 12.6 Å². The Morgan fingerprint density at radius 1 is 1.38 bits per heavy atom. The fourth-order valence-electron chi connectivity index (χ4n) is 2.38. The van der Waals surface area contributed by atoms with Crippen LogP contribution >= 0.6 is 23.2 Å². The lowest BCUT2D eigenvalue weighted by Crippen LogP contribution is -2.33. The Kier molecular flexibility index (Phi) is 3.45. The molecular formula is C12H16Cl2N2. The Balaban J connectivity index is 2.50. The topological polar surface area (TPSA) is 29.3 Å². The maximum absolute atomic E-state index is 6.24. The van der Waals surface area contributed by atoms with E-state index >= 15 is 0 Å². The van der Waals surface area contributed by atoms with Gasteiger partial charge in [0.2, 0.25) is 0 Å². The van der Waals surface area contributed by atoms with Crippen LogP contribution in [0.2, 0.25) is 10.0 Å². The van der Waals surface area contributed by atoms with Crippen molar-refractivity contribution >= 4 is 23.2 Å². The quantitative estimate of drug-likeness (QED) is 0.883. The molecule has 1 aliphatic rings. The lowest BCUT2D eigenvalue weighted by atomic mass is 10.0. The molecule has 0 radical (unpaired) electrons. The van der Waals surface area contributed by atoms with Crippen LogP contribution < -0.4 is 5.73 Å². The van der Waals surface area contributed by atoms with E-state index in [1.54, 1.807) is 0 Å². The number of hydrogen-bond acceptors (Lipinski definition) is 2. The van der Waals surface area contributed by atoms with Gasteiger partial charge in [-0.15, -0.1) is 0 Å². The molecule has 1 aromatic carbocycles. The molecule has 0 aliphatic carbocycles. The zero-order valence-corrected chi connectivity index (χ0v) is 11.0. The van der Waals surface area contributed by atoms with Crippen molar-refractivity contribution in [2.45, 2.75) is 32.5 Å². The van der Waals surface area contributed by atoms with Crippen LogP contribution in [-0.2, 0) is 6.54 Å². The van der Waals surface area contributed by atoms with E-state index in [4.69, 9.17) is 28.9 Å². The van der Waals surface area contributed by atoms with Gasteiger partial charge in [0.25, 0.3) is 0 Å². The Morgan fingerprint density at radius 3 is 2.56 bits per heavy atom. The van der Waals surface area contributed by atoms with Gasteiger partial charge in [0, 0.05) is 35.2 Å². The SMILES string of the molecule is CC(C)N1Cc2c(Cl)ccc(Cl)c2C1CN. The van der Waals surface area contributed by atoms with Crippen LogP contribution in [0.5, 0.6) is 0 Å². The molecule has 0 saturated heterocycles. The minimum atomic E-state index is 0.196. The van der Waals surface area contributed by atoms with Gasteiger partial charge in [-0.1, -0.05) is 23.2 Å². The maximum Gasteiger partial charge on any atom is 0.0495 e. The molecule has 0 saturated carbocycles. The second-order valence-corrected chi connectivity index (χ2v) is 5.25. The molecule has 0 aromatic heterocycles. The van der Waals surface area contributed by atoms with Crippen molar-refractivity contribution in [3.05, 3.63) is 33.3 Å². The largest absolute Gasteiger partial charge is 0.329 e. The fraction of sp³-hybridized carbons (Fsp3) is 0.500. The van der Waals surface area contributed by atoms with E-state index < -0.39 is 0 Å². The van der Waals surface area contributed by atoms with Crippen molar-refractivity contribution in [1.82, 2.24) is 4.90 Å². The molecule has 2 N–H and O–H groups in total. The highest BCUT2D eigenvalue weighted by Gasteiger charge is 2.33. The molecule has 1 aliphatic heterocycles. The minimum absolute atomic E-state index is 0.196. The lowest BCUT2D eigenvalue weighted by molar-refractivity contribution is 0.172. The van der Waals surface area contributed by atoms with Gasteiger partial charge in [-0.3, -0.25) is 4.90 Å². The normalized spacial score (nSPS) is 20.5. The number of halogens is 2. The van der Waals surface area contributed by atoms with Crippen molar-refractivity contribution in [2.75, 3.05) is 6.54 Å². The number of rotatable bonds is 2. The molecule has 88 valence electrons. The summed E-state index contributed by atoms with van der Waals surface area (Å²) in [6.45, 7) is 5.74. The summed E-state index contributed by atoms with van der Waals surface area (Å²) < 4.78 is 0. The summed E-state index contributed by atoms with van der Waals surface area (Å²) in [6, 6.07) is 4.35. The average Bonchev–Trinajstić information content (AvgIpc) is 2.64. The summed E-state index contributed by atoms with van der Waals surface area (Å²) in [5.74, 6) is 0. The number of nitrogens with two attached hydrogens (primary N) is 1. The van der Waals surface area contributed by atoms with Crippen molar-refractivity contribution < 1.29 is 0 Å². The van der Waals surface area contributed by atoms with Gasteiger partial charge in [-0.25, -0.2) is 0 Å². The molecule has 16 heavy (non-hydrogen) atoms. The van der Waals surface area contributed by atoms with Gasteiger partial charge in [0.05, 0.1) is 0 Å². The minimum Gasteiger partial charge on any atom is -0.329 e. The number of fused-ring (bicyclic) bond motifs is 1. The van der Waals surface area contributed by atoms with Gasteiger partial charge in [-0.2, -0.15) is 0 Å². The third-order valence-corrected chi connectivity index (χ3v) is 3.89. The first-order valence-electron chi connectivity index (χ1n) is 5.48. The average molecular weight is 259 g/mol. The fourth-order valence-corrected chi connectivity index (χ4v) is 2.91. The summed E-state index contributed by atoms with van der Waals surface area (Å²) in [7, 11) is 0. The third-order valence-electron chi connectivity index (χ3n) is 3.21. The molecule has 0 spiro atoms. The van der Waals surface area contributed by atoms with Gasteiger partial charge in [0.15, 0.2) is 0 Å². The first kappa shape index (κ1) is 12.2. The lowest BCUT2D eigenvalue weighted by Gasteiger charge is -2.27.